The topological polar surface area (TPSA) is 78.0 Å². The van der Waals surface area contributed by atoms with E-state index in [0.717, 1.165) is 31.3 Å². The SMILES string of the molecule is Cn1ccnc1[C@@H]1OCC[C@H]1CNc1nnc(C2CC2)o1. The Labute approximate surface area is 122 Å². The van der Waals surface area contributed by atoms with Crippen LogP contribution in [0.4, 0.5) is 6.01 Å². The Balaban J connectivity index is 1.40. The number of hydrogen-bond donors (Lipinski definition) is 1. The van der Waals surface area contributed by atoms with Gasteiger partial charge in [-0.3, -0.25) is 0 Å². The highest BCUT2D eigenvalue weighted by molar-refractivity contribution is 5.19. The van der Waals surface area contributed by atoms with Crippen LogP contribution >= 0.6 is 0 Å². The van der Waals surface area contributed by atoms with Gasteiger partial charge in [0.2, 0.25) is 5.89 Å². The van der Waals surface area contributed by atoms with Crippen LogP contribution in [0.1, 0.15) is 43.0 Å². The molecule has 7 nitrogen and oxygen atoms in total. The van der Waals surface area contributed by atoms with E-state index in [-0.39, 0.29) is 6.10 Å². The summed E-state index contributed by atoms with van der Waals surface area (Å²) in [7, 11) is 1.99. The van der Waals surface area contributed by atoms with Crippen molar-refractivity contribution in [3.8, 4) is 0 Å². The first-order chi connectivity index (χ1) is 10.3. The Morgan fingerprint density at radius 2 is 2.24 bits per heavy atom. The molecule has 0 bridgehead atoms. The molecular formula is C14H19N5O2. The average molecular weight is 289 g/mol. The summed E-state index contributed by atoms with van der Waals surface area (Å²) >= 11 is 0. The van der Waals surface area contributed by atoms with Crippen LogP contribution in [0.5, 0.6) is 0 Å². The lowest BCUT2D eigenvalue weighted by Gasteiger charge is -2.18. The van der Waals surface area contributed by atoms with Crippen LogP contribution in [-0.2, 0) is 11.8 Å². The molecule has 0 spiro atoms. The van der Waals surface area contributed by atoms with E-state index in [2.05, 4.69) is 20.5 Å². The van der Waals surface area contributed by atoms with Crippen molar-refractivity contribution in [1.82, 2.24) is 19.7 Å². The molecule has 2 atom stereocenters. The van der Waals surface area contributed by atoms with Gasteiger partial charge >= 0.3 is 6.01 Å². The first kappa shape index (κ1) is 12.8. The van der Waals surface area contributed by atoms with Crippen molar-refractivity contribution in [2.75, 3.05) is 18.5 Å². The third-order valence-electron chi connectivity index (χ3n) is 4.21. The molecule has 4 rings (SSSR count). The molecule has 1 aliphatic carbocycles. The fourth-order valence-corrected chi connectivity index (χ4v) is 2.80. The maximum Gasteiger partial charge on any atom is 0.315 e. The number of ether oxygens (including phenoxy) is 1. The van der Waals surface area contributed by atoms with Crippen molar-refractivity contribution in [3.05, 3.63) is 24.1 Å². The summed E-state index contributed by atoms with van der Waals surface area (Å²) in [5.41, 5.74) is 0. The van der Waals surface area contributed by atoms with Gasteiger partial charge in [-0.1, -0.05) is 5.10 Å². The maximum absolute atomic E-state index is 5.84. The minimum absolute atomic E-state index is 0.0309. The van der Waals surface area contributed by atoms with Gasteiger partial charge in [0, 0.05) is 44.4 Å². The third-order valence-corrected chi connectivity index (χ3v) is 4.21. The van der Waals surface area contributed by atoms with Crippen molar-refractivity contribution >= 4 is 6.01 Å². The summed E-state index contributed by atoms with van der Waals surface area (Å²) in [5, 5.41) is 11.4. The minimum Gasteiger partial charge on any atom is -0.408 e. The Kier molecular flexibility index (Phi) is 3.14. The lowest BCUT2D eigenvalue weighted by Crippen LogP contribution is -2.20. The van der Waals surface area contributed by atoms with E-state index in [0.29, 0.717) is 17.9 Å². The molecule has 21 heavy (non-hydrogen) atoms. The van der Waals surface area contributed by atoms with Crippen LogP contribution in [0, 0.1) is 5.92 Å². The van der Waals surface area contributed by atoms with Crippen molar-refractivity contribution in [1.29, 1.82) is 0 Å². The molecule has 0 aromatic carbocycles. The molecule has 2 fully saturated rings. The molecule has 0 unspecified atom stereocenters. The predicted molar refractivity (Wildman–Crippen MR) is 74.8 cm³/mol. The molecule has 1 N–H and O–H groups in total. The highest BCUT2D eigenvalue weighted by Gasteiger charge is 2.33. The number of nitrogens with zero attached hydrogens (tertiary/aromatic N) is 4. The van der Waals surface area contributed by atoms with Crippen LogP contribution in [0.25, 0.3) is 0 Å². The van der Waals surface area contributed by atoms with E-state index in [4.69, 9.17) is 9.15 Å². The average Bonchev–Trinajstić information content (AvgIpc) is 2.90. The number of aryl methyl sites for hydroxylation is 1. The summed E-state index contributed by atoms with van der Waals surface area (Å²) in [6.07, 6.45) is 7.12. The normalized spacial score (nSPS) is 25.4. The van der Waals surface area contributed by atoms with Gasteiger partial charge in [0.1, 0.15) is 11.9 Å². The second kappa shape index (κ2) is 5.14. The standard InChI is InChI=1S/C14H19N5O2/c1-19-6-5-15-12(19)11-10(4-7-20-11)8-16-14-18-17-13(21-14)9-2-3-9/h5-6,9-11H,2-4,7-8H2,1H3,(H,16,18)/t10-,11+/m0/s1. The van der Waals surface area contributed by atoms with Gasteiger partial charge in [-0.15, -0.1) is 5.10 Å². The number of rotatable bonds is 5. The van der Waals surface area contributed by atoms with Crippen molar-refractivity contribution in [2.45, 2.75) is 31.3 Å². The van der Waals surface area contributed by atoms with Gasteiger partial charge in [0.15, 0.2) is 0 Å². The zero-order valence-electron chi connectivity index (χ0n) is 12.0. The van der Waals surface area contributed by atoms with Crippen molar-refractivity contribution in [2.24, 2.45) is 13.0 Å². The highest BCUT2D eigenvalue weighted by Crippen LogP contribution is 2.39. The van der Waals surface area contributed by atoms with Gasteiger partial charge in [0.05, 0.1) is 0 Å². The van der Waals surface area contributed by atoms with E-state index < -0.39 is 0 Å². The fourth-order valence-electron chi connectivity index (χ4n) is 2.80. The Bertz CT molecular complexity index is 618. The second-order valence-electron chi connectivity index (χ2n) is 5.84. The molecule has 1 saturated carbocycles. The lowest BCUT2D eigenvalue weighted by atomic mass is 10.0. The molecule has 2 aliphatic rings. The van der Waals surface area contributed by atoms with Crippen LogP contribution < -0.4 is 5.32 Å². The van der Waals surface area contributed by atoms with Gasteiger partial charge in [-0.05, 0) is 19.3 Å². The molecule has 3 heterocycles. The predicted octanol–water partition coefficient (Wildman–Crippen LogP) is 1.87. The molecule has 112 valence electrons. The Morgan fingerprint density at radius 1 is 1.33 bits per heavy atom. The molecule has 1 aliphatic heterocycles. The zero-order valence-corrected chi connectivity index (χ0v) is 12.0. The van der Waals surface area contributed by atoms with Crippen molar-refractivity contribution < 1.29 is 9.15 Å². The summed E-state index contributed by atoms with van der Waals surface area (Å²) < 4.78 is 13.5. The van der Waals surface area contributed by atoms with Crippen LogP contribution in [0.2, 0.25) is 0 Å². The highest BCUT2D eigenvalue weighted by atomic mass is 16.5. The summed E-state index contributed by atoms with van der Waals surface area (Å²) in [6.45, 7) is 1.52. The van der Waals surface area contributed by atoms with Gasteiger partial charge in [-0.2, -0.15) is 0 Å². The summed E-state index contributed by atoms with van der Waals surface area (Å²) in [4.78, 5) is 4.40. The quantitative estimate of drug-likeness (QED) is 0.905. The maximum atomic E-state index is 5.84. The second-order valence-corrected chi connectivity index (χ2v) is 5.84. The smallest absolute Gasteiger partial charge is 0.315 e. The minimum atomic E-state index is 0.0309. The Morgan fingerprint density at radius 3 is 3.00 bits per heavy atom. The molecule has 2 aromatic rings. The van der Waals surface area contributed by atoms with E-state index in [9.17, 15) is 0 Å². The zero-order chi connectivity index (χ0) is 14.2. The molecular weight excluding hydrogens is 270 g/mol. The van der Waals surface area contributed by atoms with Crippen LogP contribution in [0.15, 0.2) is 16.8 Å². The first-order valence-electron chi connectivity index (χ1n) is 7.47. The molecule has 2 aromatic heterocycles. The number of imidazole rings is 1. The monoisotopic (exact) mass is 289 g/mol. The van der Waals surface area contributed by atoms with Crippen LogP contribution in [0.3, 0.4) is 0 Å². The van der Waals surface area contributed by atoms with Gasteiger partial charge in [-0.25, -0.2) is 4.98 Å². The molecule has 1 saturated heterocycles. The van der Waals surface area contributed by atoms with Gasteiger partial charge in [0.25, 0.3) is 0 Å². The number of aromatic nitrogens is 4. The largest absolute Gasteiger partial charge is 0.408 e. The van der Waals surface area contributed by atoms with E-state index in [1.54, 1.807) is 6.20 Å². The molecule has 0 radical (unpaired) electrons. The summed E-state index contributed by atoms with van der Waals surface area (Å²) in [6, 6.07) is 0.516. The third kappa shape index (κ3) is 2.53. The lowest BCUT2D eigenvalue weighted by molar-refractivity contribution is 0.0838. The first-order valence-corrected chi connectivity index (χ1v) is 7.47. The van der Waals surface area contributed by atoms with Gasteiger partial charge < -0.3 is 19.0 Å². The fraction of sp³-hybridized carbons (Fsp3) is 0.643. The molecule has 7 heteroatoms. The number of hydrogen-bond acceptors (Lipinski definition) is 6. The van der Waals surface area contributed by atoms with Crippen molar-refractivity contribution in [3.63, 3.8) is 0 Å². The summed E-state index contributed by atoms with van der Waals surface area (Å²) in [5.74, 6) is 2.59. The van der Waals surface area contributed by atoms with Crippen LogP contribution in [-0.4, -0.2) is 32.9 Å². The van der Waals surface area contributed by atoms with E-state index in [1.165, 1.54) is 12.8 Å². The van der Waals surface area contributed by atoms with E-state index >= 15 is 0 Å². The number of anilines is 1. The number of nitrogens with one attached hydrogen (secondary N) is 1. The Hall–Kier alpha value is -1.89. The molecule has 0 amide bonds. The van der Waals surface area contributed by atoms with E-state index in [1.807, 2.05) is 17.8 Å².